The summed E-state index contributed by atoms with van der Waals surface area (Å²) < 4.78 is 0. The highest BCUT2D eigenvalue weighted by molar-refractivity contribution is 6.01. The number of amidine groups is 1. The van der Waals surface area contributed by atoms with Gasteiger partial charge in [-0.3, -0.25) is 4.79 Å². The number of nitrogens with zero attached hydrogens (tertiary/aromatic N) is 1. The van der Waals surface area contributed by atoms with E-state index in [2.05, 4.69) is 10.5 Å². The number of carbonyl (C=O) groups is 1. The summed E-state index contributed by atoms with van der Waals surface area (Å²) in [5.74, 6) is 0.646. The molecule has 0 spiro atoms. The molecule has 114 valence electrons. The molecule has 1 aliphatic carbocycles. The van der Waals surface area contributed by atoms with E-state index in [0.717, 1.165) is 12.3 Å². The topological polar surface area (TPSA) is 87.7 Å². The molecule has 0 bridgehead atoms. The summed E-state index contributed by atoms with van der Waals surface area (Å²) in [4.78, 5) is 12.1. The Labute approximate surface area is 125 Å². The van der Waals surface area contributed by atoms with Crippen LogP contribution < -0.4 is 11.1 Å². The number of rotatable bonds is 5. The van der Waals surface area contributed by atoms with Crippen molar-refractivity contribution in [3.8, 4) is 0 Å². The molecular formula is C16H23N3O2. The molecule has 5 heteroatoms. The smallest absolute Gasteiger partial charge is 0.251 e. The number of benzene rings is 1. The highest BCUT2D eigenvalue weighted by Gasteiger charge is 2.14. The Balaban J connectivity index is 1.85. The monoisotopic (exact) mass is 289 g/mol. The van der Waals surface area contributed by atoms with Crippen molar-refractivity contribution in [3.63, 3.8) is 0 Å². The van der Waals surface area contributed by atoms with Crippen LogP contribution in [0.25, 0.3) is 0 Å². The number of nitrogens with two attached hydrogens (primary N) is 1. The zero-order chi connectivity index (χ0) is 15.1. The fourth-order valence-corrected chi connectivity index (χ4v) is 2.85. The van der Waals surface area contributed by atoms with Gasteiger partial charge in [0, 0.05) is 17.7 Å². The van der Waals surface area contributed by atoms with Gasteiger partial charge in [-0.15, -0.1) is 0 Å². The highest BCUT2D eigenvalue weighted by Crippen LogP contribution is 2.25. The first kappa shape index (κ1) is 15.4. The Morgan fingerprint density at radius 2 is 2.00 bits per heavy atom. The number of nitrogens with one attached hydrogen (secondary N) is 1. The van der Waals surface area contributed by atoms with Crippen LogP contribution in [0.1, 0.15) is 54.4 Å². The first-order valence-corrected chi connectivity index (χ1v) is 7.57. The molecular weight excluding hydrogens is 266 g/mol. The maximum atomic E-state index is 12.1. The molecule has 1 saturated carbocycles. The molecule has 21 heavy (non-hydrogen) atoms. The van der Waals surface area contributed by atoms with Crippen LogP contribution in [-0.4, -0.2) is 23.5 Å². The predicted molar refractivity (Wildman–Crippen MR) is 82.5 cm³/mol. The van der Waals surface area contributed by atoms with Crippen LogP contribution in [0.3, 0.4) is 0 Å². The van der Waals surface area contributed by atoms with Gasteiger partial charge in [0.15, 0.2) is 5.84 Å². The van der Waals surface area contributed by atoms with Crippen molar-refractivity contribution >= 4 is 11.7 Å². The molecule has 2 rings (SSSR count). The summed E-state index contributed by atoms with van der Waals surface area (Å²) >= 11 is 0. The summed E-state index contributed by atoms with van der Waals surface area (Å²) in [6.45, 7) is 0.706. The molecule has 0 aliphatic heterocycles. The maximum absolute atomic E-state index is 12.1. The van der Waals surface area contributed by atoms with Crippen LogP contribution in [-0.2, 0) is 0 Å². The molecule has 5 nitrogen and oxygen atoms in total. The van der Waals surface area contributed by atoms with Crippen LogP contribution in [0.15, 0.2) is 29.4 Å². The molecule has 0 aromatic heterocycles. The molecule has 0 unspecified atom stereocenters. The lowest BCUT2D eigenvalue weighted by molar-refractivity contribution is 0.0950. The van der Waals surface area contributed by atoms with Gasteiger partial charge in [0.05, 0.1) is 0 Å². The lowest BCUT2D eigenvalue weighted by Gasteiger charge is -2.21. The second-order valence-electron chi connectivity index (χ2n) is 5.61. The van der Waals surface area contributed by atoms with E-state index in [0.29, 0.717) is 17.7 Å². The predicted octanol–water partition coefficient (Wildman–Crippen LogP) is 2.48. The Hall–Kier alpha value is -2.04. The Kier molecular flexibility index (Phi) is 5.60. The summed E-state index contributed by atoms with van der Waals surface area (Å²) in [5, 5.41) is 14.6. The van der Waals surface area contributed by atoms with E-state index in [1.54, 1.807) is 24.3 Å². The van der Waals surface area contributed by atoms with Gasteiger partial charge in [-0.2, -0.15) is 0 Å². The summed E-state index contributed by atoms with van der Waals surface area (Å²) in [6, 6.07) is 6.78. The van der Waals surface area contributed by atoms with Crippen LogP contribution in [0.4, 0.5) is 0 Å². The molecule has 4 N–H and O–H groups in total. The molecule has 0 saturated heterocycles. The normalized spacial score (nSPS) is 16.7. The summed E-state index contributed by atoms with van der Waals surface area (Å²) in [5.41, 5.74) is 6.60. The molecule has 1 amide bonds. The van der Waals surface area contributed by atoms with Crippen molar-refractivity contribution in [1.82, 2.24) is 5.32 Å². The molecule has 0 radical (unpaired) electrons. The average Bonchev–Trinajstić information content (AvgIpc) is 2.55. The Morgan fingerprint density at radius 1 is 1.29 bits per heavy atom. The second kappa shape index (κ2) is 7.67. The van der Waals surface area contributed by atoms with Crippen LogP contribution >= 0.6 is 0 Å². The van der Waals surface area contributed by atoms with Gasteiger partial charge in [0.1, 0.15) is 0 Å². The quantitative estimate of drug-likeness (QED) is 0.337. The minimum absolute atomic E-state index is 0.00635. The van der Waals surface area contributed by atoms with E-state index in [-0.39, 0.29) is 11.7 Å². The molecule has 0 atom stereocenters. The van der Waals surface area contributed by atoms with E-state index in [1.165, 1.54) is 32.1 Å². The molecule has 1 aromatic rings. The Morgan fingerprint density at radius 3 is 2.71 bits per heavy atom. The van der Waals surface area contributed by atoms with Crippen molar-refractivity contribution in [1.29, 1.82) is 0 Å². The third-order valence-electron chi connectivity index (χ3n) is 4.09. The SMILES string of the molecule is N/C(=N\O)c1cccc(C(=O)NCCC2CCCCC2)c1. The van der Waals surface area contributed by atoms with Crippen molar-refractivity contribution in [2.75, 3.05) is 6.54 Å². The van der Waals surface area contributed by atoms with Crippen molar-refractivity contribution < 1.29 is 10.0 Å². The molecule has 1 fully saturated rings. The summed E-state index contributed by atoms with van der Waals surface area (Å²) in [6.07, 6.45) is 7.61. The minimum atomic E-state index is -0.113. The van der Waals surface area contributed by atoms with Gasteiger partial charge in [0.2, 0.25) is 0 Å². The van der Waals surface area contributed by atoms with E-state index >= 15 is 0 Å². The van der Waals surface area contributed by atoms with Crippen LogP contribution in [0.5, 0.6) is 0 Å². The highest BCUT2D eigenvalue weighted by atomic mass is 16.4. The first-order chi connectivity index (χ1) is 10.2. The number of carbonyl (C=O) groups excluding carboxylic acids is 1. The largest absolute Gasteiger partial charge is 0.409 e. The van der Waals surface area contributed by atoms with Crippen molar-refractivity contribution in [2.45, 2.75) is 38.5 Å². The van der Waals surface area contributed by atoms with E-state index in [9.17, 15) is 4.79 Å². The molecule has 1 aliphatic rings. The first-order valence-electron chi connectivity index (χ1n) is 7.57. The van der Waals surface area contributed by atoms with Crippen LogP contribution in [0.2, 0.25) is 0 Å². The number of amides is 1. The standard InChI is InChI=1S/C16H23N3O2/c17-15(19-21)13-7-4-8-14(11-13)16(20)18-10-9-12-5-2-1-3-6-12/h4,7-8,11-12,21H,1-3,5-6,9-10H2,(H2,17,19)(H,18,20). The second-order valence-corrected chi connectivity index (χ2v) is 5.61. The lowest BCUT2D eigenvalue weighted by Crippen LogP contribution is -2.26. The lowest BCUT2D eigenvalue weighted by atomic mass is 9.87. The van der Waals surface area contributed by atoms with Gasteiger partial charge < -0.3 is 16.3 Å². The number of hydrogen-bond donors (Lipinski definition) is 3. The van der Waals surface area contributed by atoms with E-state index in [1.807, 2.05) is 0 Å². The Bertz CT molecular complexity index is 508. The zero-order valence-corrected chi connectivity index (χ0v) is 12.2. The van der Waals surface area contributed by atoms with Gasteiger partial charge >= 0.3 is 0 Å². The van der Waals surface area contributed by atoms with Gasteiger partial charge in [-0.05, 0) is 24.5 Å². The molecule has 1 aromatic carbocycles. The third kappa shape index (κ3) is 4.48. The fourth-order valence-electron chi connectivity index (χ4n) is 2.85. The zero-order valence-electron chi connectivity index (χ0n) is 12.2. The fraction of sp³-hybridized carbons (Fsp3) is 0.500. The van der Waals surface area contributed by atoms with Crippen molar-refractivity contribution in [2.24, 2.45) is 16.8 Å². The van der Waals surface area contributed by atoms with Gasteiger partial charge in [0.25, 0.3) is 5.91 Å². The summed E-state index contributed by atoms with van der Waals surface area (Å²) in [7, 11) is 0. The van der Waals surface area contributed by atoms with Gasteiger partial charge in [-0.25, -0.2) is 0 Å². The van der Waals surface area contributed by atoms with Gasteiger partial charge in [-0.1, -0.05) is 49.4 Å². The maximum Gasteiger partial charge on any atom is 0.251 e. The van der Waals surface area contributed by atoms with Crippen LogP contribution in [0, 0.1) is 5.92 Å². The third-order valence-corrected chi connectivity index (χ3v) is 4.09. The van der Waals surface area contributed by atoms with Crippen molar-refractivity contribution in [3.05, 3.63) is 35.4 Å². The minimum Gasteiger partial charge on any atom is -0.409 e. The molecule has 0 heterocycles. The number of hydrogen-bond acceptors (Lipinski definition) is 3. The van der Waals surface area contributed by atoms with E-state index < -0.39 is 0 Å². The van der Waals surface area contributed by atoms with E-state index in [4.69, 9.17) is 10.9 Å². The average molecular weight is 289 g/mol. The number of oxime groups is 1.